The third-order valence-corrected chi connectivity index (χ3v) is 4.08. The molecule has 25 heavy (non-hydrogen) atoms. The lowest BCUT2D eigenvalue weighted by Crippen LogP contribution is -2.30. The van der Waals surface area contributed by atoms with E-state index in [-0.39, 0.29) is 11.8 Å². The maximum Gasteiger partial charge on any atom is 0.338 e. The molecular weight excluding hydrogens is 314 g/mol. The van der Waals surface area contributed by atoms with E-state index in [1.807, 2.05) is 38.1 Å². The van der Waals surface area contributed by atoms with Crippen molar-refractivity contribution >= 4 is 17.6 Å². The molecule has 0 aromatic heterocycles. The molecule has 4 nitrogen and oxygen atoms in total. The number of benzene rings is 2. The molecule has 2 aromatic rings. The highest BCUT2D eigenvalue weighted by Crippen LogP contribution is 2.27. The van der Waals surface area contributed by atoms with Gasteiger partial charge in [0.25, 0.3) is 5.91 Å². The zero-order valence-corrected chi connectivity index (χ0v) is 15.4. The zero-order chi connectivity index (χ0) is 18.6. The molecule has 0 heterocycles. The van der Waals surface area contributed by atoms with E-state index >= 15 is 0 Å². The van der Waals surface area contributed by atoms with Gasteiger partial charge in [-0.15, -0.1) is 0 Å². The summed E-state index contributed by atoms with van der Waals surface area (Å²) in [5, 5.41) is 2.91. The molecule has 0 aliphatic rings. The first-order valence-corrected chi connectivity index (χ1v) is 8.47. The number of hydrogen-bond donors (Lipinski definition) is 1. The van der Waals surface area contributed by atoms with Crippen molar-refractivity contribution < 1.29 is 14.3 Å². The predicted molar refractivity (Wildman–Crippen MR) is 100.0 cm³/mol. The first-order chi connectivity index (χ1) is 11.8. The van der Waals surface area contributed by atoms with Crippen LogP contribution in [-0.4, -0.2) is 18.0 Å². The fourth-order valence-corrected chi connectivity index (χ4v) is 2.62. The lowest BCUT2D eigenvalue weighted by atomic mass is 9.98. The van der Waals surface area contributed by atoms with Crippen LogP contribution in [0.4, 0.5) is 5.69 Å². The largest absolute Gasteiger partial charge is 0.449 e. The molecule has 0 radical (unpaired) electrons. The summed E-state index contributed by atoms with van der Waals surface area (Å²) in [4.78, 5) is 24.7. The van der Waals surface area contributed by atoms with Crippen molar-refractivity contribution in [2.24, 2.45) is 0 Å². The topological polar surface area (TPSA) is 55.4 Å². The number of hydrogen-bond acceptors (Lipinski definition) is 3. The predicted octanol–water partition coefficient (Wildman–Crippen LogP) is 4.61. The average Bonchev–Trinajstić information content (AvgIpc) is 2.56. The van der Waals surface area contributed by atoms with E-state index in [0.29, 0.717) is 5.56 Å². The van der Waals surface area contributed by atoms with Gasteiger partial charge < -0.3 is 10.1 Å². The van der Waals surface area contributed by atoms with E-state index in [9.17, 15) is 9.59 Å². The average molecular weight is 339 g/mol. The van der Waals surface area contributed by atoms with Crippen LogP contribution in [0.1, 0.15) is 53.7 Å². The van der Waals surface area contributed by atoms with E-state index < -0.39 is 12.1 Å². The van der Waals surface area contributed by atoms with Gasteiger partial charge in [-0.1, -0.05) is 49.7 Å². The van der Waals surface area contributed by atoms with Gasteiger partial charge in [0, 0.05) is 5.69 Å². The molecule has 0 aliphatic heterocycles. The zero-order valence-electron chi connectivity index (χ0n) is 15.4. The highest BCUT2D eigenvalue weighted by Gasteiger charge is 2.21. The lowest BCUT2D eigenvalue weighted by Gasteiger charge is -2.19. The van der Waals surface area contributed by atoms with Crippen molar-refractivity contribution in [3.8, 4) is 0 Å². The summed E-state index contributed by atoms with van der Waals surface area (Å²) < 4.78 is 5.31. The van der Waals surface area contributed by atoms with Gasteiger partial charge in [-0.25, -0.2) is 4.79 Å². The van der Waals surface area contributed by atoms with Gasteiger partial charge in [0.1, 0.15) is 0 Å². The number of carbonyl (C=O) groups excluding carboxylic acids is 2. The van der Waals surface area contributed by atoms with Gasteiger partial charge in [-0.2, -0.15) is 0 Å². The summed E-state index contributed by atoms with van der Waals surface area (Å²) in [6.07, 6.45) is -0.882. The molecule has 2 rings (SSSR count). The Balaban J connectivity index is 2.10. The summed E-state index contributed by atoms with van der Waals surface area (Å²) in [5.41, 5.74) is 4.25. The van der Waals surface area contributed by atoms with E-state index in [1.165, 1.54) is 0 Å². The number of carbonyl (C=O) groups is 2. The second-order valence-electron chi connectivity index (χ2n) is 6.60. The third kappa shape index (κ3) is 4.69. The van der Waals surface area contributed by atoms with Gasteiger partial charge >= 0.3 is 5.97 Å². The fraction of sp³-hybridized carbons (Fsp3) is 0.333. The number of esters is 1. The Morgan fingerprint density at radius 2 is 1.68 bits per heavy atom. The Morgan fingerprint density at radius 3 is 2.32 bits per heavy atom. The number of aryl methyl sites for hydroxylation is 2. The number of para-hydroxylation sites is 1. The van der Waals surface area contributed by atoms with Crippen LogP contribution in [0.3, 0.4) is 0 Å². The molecule has 132 valence electrons. The molecule has 0 spiro atoms. The van der Waals surface area contributed by atoms with Crippen LogP contribution in [0.25, 0.3) is 0 Å². The minimum absolute atomic E-state index is 0.278. The lowest BCUT2D eigenvalue weighted by molar-refractivity contribution is -0.123. The molecule has 2 aromatic carbocycles. The summed E-state index contributed by atoms with van der Waals surface area (Å²) in [6, 6.07) is 13.0. The monoisotopic (exact) mass is 339 g/mol. The smallest absolute Gasteiger partial charge is 0.338 e. The minimum Gasteiger partial charge on any atom is -0.449 e. The maximum atomic E-state index is 12.5. The number of rotatable bonds is 5. The van der Waals surface area contributed by atoms with Crippen molar-refractivity contribution in [3.63, 3.8) is 0 Å². The van der Waals surface area contributed by atoms with Gasteiger partial charge in [0.15, 0.2) is 6.10 Å². The van der Waals surface area contributed by atoms with Crippen molar-refractivity contribution in [1.82, 2.24) is 0 Å². The van der Waals surface area contributed by atoms with Crippen molar-refractivity contribution in [3.05, 3.63) is 64.7 Å². The van der Waals surface area contributed by atoms with Crippen LogP contribution in [0.2, 0.25) is 0 Å². The van der Waals surface area contributed by atoms with Gasteiger partial charge in [0.05, 0.1) is 5.56 Å². The summed E-state index contributed by atoms with van der Waals surface area (Å²) in [6.45, 7) is 9.58. The fourth-order valence-electron chi connectivity index (χ4n) is 2.62. The number of amides is 1. The van der Waals surface area contributed by atoms with Crippen LogP contribution >= 0.6 is 0 Å². The van der Waals surface area contributed by atoms with E-state index in [1.54, 1.807) is 25.1 Å². The van der Waals surface area contributed by atoms with Crippen LogP contribution < -0.4 is 5.32 Å². The third-order valence-electron chi connectivity index (χ3n) is 4.08. The standard InChI is InChI=1S/C21H25NO3/c1-13(2)18-11-7-9-15(4)19(18)22-20(23)16(5)25-21(24)17-10-6-8-14(3)12-17/h6-13,16H,1-5H3,(H,22,23)/t16-/m0/s1. The number of ether oxygens (including phenoxy) is 1. The van der Waals surface area contributed by atoms with Crippen molar-refractivity contribution in [2.75, 3.05) is 5.32 Å². The Kier molecular flexibility index (Phi) is 5.97. The molecule has 0 bridgehead atoms. The van der Waals surface area contributed by atoms with E-state index in [2.05, 4.69) is 19.2 Å². The van der Waals surface area contributed by atoms with Gasteiger partial charge in [0.2, 0.25) is 0 Å². The maximum absolute atomic E-state index is 12.5. The Bertz CT molecular complexity index is 780. The van der Waals surface area contributed by atoms with E-state index in [4.69, 9.17) is 4.74 Å². The quantitative estimate of drug-likeness (QED) is 0.809. The van der Waals surface area contributed by atoms with Crippen molar-refractivity contribution in [2.45, 2.75) is 46.6 Å². The molecule has 0 fully saturated rings. The van der Waals surface area contributed by atoms with Crippen LogP contribution in [0.15, 0.2) is 42.5 Å². The number of nitrogens with one attached hydrogen (secondary N) is 1. The minimum atomic E-state index is -0.882. The Morgan fingerprint density at radius 1 is 1.00 bits per heavy atom. The second-order valence-corrected chi connectivity index (χ2v) is 6.60. The molecule has 0 saturated heterocycles. The second kappa shape index (κ2) is 7.97. The molecular formula is C21H25NO3. The molecule has 0 saturated carbocycles. The SMILES string of the molecule is Cc1cccc(C(=O)O[C@@H](C)C(=O)Nc2c(C)cccc2C(C)C)c1. The molecule has 1 N–H and O–H groups in total. The summed E-state index contributed by atoms with van der Waals surface area (Å²) in [7, 11) is 0. The van der Waals surface area contributed by atoms with E-state index in [0.717, 1.165) is 22.4 Å². The molecule has 0 unspecified atom stereocenters. The highest BCUT2D eigenvalue weighted by atomic mass is 16.5. The van der Waals surface area contributed by atoms with Gasteiger partial charge in [-0.05, 0) is 49.9 Å². The molecule has 1 atom stereocenters. The van der Waals surface area contributed by atoms with Crippen LogP contribution in [-0.2, 0) is 9.53 Å². The summed E-state index contributed by atoms with van der Waals surface area (Å²) in [5.74, 6) is -0.558. The normalized spacial score (nSPS) is 11.9. The highest BCUT2D eigenvalue weighted by molar-refractivity contribution is 5.98. The van der Waals surface area contributed by atoms with Crippen LogP contribution in [0.5, 0.6) is 0 Å². The van der Waals surface area contributed by atoms with Crippen LogP contribution in [0, 0.1) is 13.8 Å². The molecule has 0 aliphatic carbocycles. The molecule has 1 amide bonds. The van der Waals surface area contributed by atoms with Gasteiger partial charge in [-0.3, -0.25) is 4.79 Å². The first-order valence-electron chi connectivity index (χ1n) is 8.47. The Hall–Kier alpha value is -2.62. The van der Waals surface area contributed by atoms with Crippen molar-refractivity contribution in [1.29, 1.82) is 0 Å². The number of anilines is 1. The first kappa shape index (κ1) is 18.7. The molecule has 4 heteroatoms. The summed E-state index contributed by atoms with van der Waals surface area (Å²) >= 11 is 0. The Labute approximate surface area is 149 Å².